The summed E-state index contributed by atoms with van der Waals surface area (Å²) >= 11 is 0. The van der Waals surface area contributed by atoms with E-state index in [1.807, 2.05) is 0 Å². The molecule has 454 valence electrons. The van der Waals surface area contributed by atoms with Crippen LogP contribution >= 0.6 is 0 Å². The monoisotopic (exact) mass is 1170 g/mol. The second-order valence-corrected chi connectivity index (χ2v) is 19.8. The molecule has 4 aliphatic heterocycles. The van der Waals surface area contributed by atoms with E-state index in [0.717, 1.165) is 64.9 Å². The van der Waals surface area contributed by atoms with E-state index >= 15 is 0 Å². The molecule has 0 radical (unpaired) electrons. The SMILES string of the molecule is C=C[C@@H](O)[C@H](CO[C@@H]1O[C@H](CO)[C@@H](O[C@@H]2O[C@H](CO)[C@H](O[C@@H]3O[C@H](CO)[C@H](O)[C@H](O)[C@H]3NC(C)=O)[C@H](O[C@]3(C(=O)[O-])C[C@H](O)[C@@H](NC(C)=O)[C@H]([C@H](O)[C@H](O)CO)O3)[C@H]2O)[C@H](O)[C@H]1O)NC(=O)CCCCCCCCCCN=[N+]=[N-].[Na+]. The van der Waals surface area contributed by atoms with Gasteiger partial charge in [0.25, 0.3) is 0 Å². The van der Waals surface area contributed by atoms with E-state index in [-0.39, 0.29) is 36.0 Å². The zero-order valence-electron chi connectivity index (χ0n) is 44.8. The minimum Gasteiger partial charge on any atom is -0.544 e. The largest absolute Gasteiger partial charge is 1.00 e. The molecule has 4 fully saturated rings. The third-order valence-electron chi connectivity index (χ3n) is 13.9. The molecule has 23 atom stereocenters. The number of carbonyl (C=O) groups excluding carboxylic acids is 4. The zero-order chi connectivity index (χ0) is 58.7. The minimum atomic E-state index is -3.40. The van der Waals surface area contributed by atoms with Crippen molar-refractivity contribution in [3.05, 3.63) is 23.1 Å². The first-order valence-electron chi connectivity index (χ1n) is 26.0. The van der Waals surface area contributed by atoms with Gasteiger partial charge in [-0.3, -0.25) is 14.4 Å². The number of hydrogen-bond donors (Lipinski definition) is 16. The standard InChI is InChI=1S/C47H80N6O26.Na/c1-4-24(60)23(52-30(63)13-11-9-7-5-6-8-10-12-14-49-53-48)20-72-44-37(68)36(67)39(28(18-56)74-44)76-45-38(69)42(40(29(19-57)75-45)77-43-32(51-22(3)59)35(66)34(65)27(17-55)73-43)79-47(46(70)71)15-25(61)31(50-21(2)58)41(78-47)33(64)26(62)16-54;/h4,23-29,31-45,54-57,60-62,64-69H,1,5-20H2,2-3H3,(H,50,58)(H,51,59)(H,52,63)(H,70,71);/q;+1/p-1/t23-,24+,25-,26+,27+,28+,29+,31+,32+,33+,34-,35+,36+,37+,38+,39+,40-,41+,42+,43-,44+,45-,47-;/m0./s1. The fraction of sp³-hybridized carbons (Fsp3) is 0.872. The van der Waals surface area contributed by atoms with Gasteiger partial charge in [0.15, 0.2) is 18.9 Å². The number of carboxylic acids is 1. The number of carboxylic acid groups (broad SMARTS) is 1. The molecule has 4 aliphatic rings. The number of nitrogens with zero attached hydrogens (tertiary/aromatic N) is 3. The minimum absolute atomic E-state index is 0. The van der Waals surface area contributed by atoms with Gasteiger partial charge in [0.1, 0.15) is 97.5 Å². The van der Waals surface area contributed by atoms with E-state index in [0.29, 0.717) is 13.0 Å². The van der Waals surface area contributed by atoms with Crippen LogP contribution in [0, 0.1) is 0 Å². The van der Waals surface area contributed by atoms with Crippen molar-refractivity contribution in [2.24, 2.45) is 5.11 Å². The Morgan fingerprint density at radius 1 is 0.738 bits per heavy atom. The molecule has 32 nitrogen and oxygen atoms in total. The number of amides is 3. The zero-order valence-corrected chi connectivity index (χ0v) is 46.8. The van der Waals surface area contributed by atoms with E-state index in [9.17, 15) is 90.7 Å². The fourth-order valence-corrected chi connectivity index (χ4v) is 9.61. The van der Waals surface area contributed by atoms with E-state index < -0.39 is 204 Å². The third-order valence-corrected chi connectivity index (χ3v) is 13.9. The molecular formula is C47H79N6NaO26. The Morgan fingerprint density at radius 3 is 1.85 bits per heavy atom. The Hall–Kier alpha value is -2.91. The number of nitrogens with one attached hydrogen (secondary N) is 3. The van der Waals surface area contributed by atoms with Gasteiger partial charge in [-0.15, -0.1) is 6.58 Å². The number of unbranched alkanes of at least 4 members (excludes halogenated alkanes) is 7. The Bertz CT molecular complexity index is 1970. The molecule has 3 amide bonds. The van der Waals surface area contributed by atoms with Crippen LogP contribution in [0.5, 0.6) is 0 Å². The Balaban J connectivity index is 0.0000168. The topological polar surface area (TPSA) is 513 Å². The molecule has 4 rings (SSSR count). The van der Waals surface area contributed by atoms with Gasteiger partial charge < -0.3 is 130 Å². The summed E-state index contributed by atoms with van der Waals surface area (Å²) in [4.78, 5) is 53.5. The van der Waals surface area contributed by atoms with Crippen molar-refractivity contribution in [2.45, 2.75) is 219 Å². The molecule has 33 heteroatoms. The summed E-state index contributed by atoms with van der Waals surface area (Å²) in [5.41, 5.74) is 8.37. The van der Waals surface area contributed by atoms with Crippen LogP contribution < -0.4 is 50.6 Å². The van der Waals surface area contributed by atoms with Gasteiger partial charge in [0.05, 0.1) is 57.3 Å². The van der Waals surface area contributed by atoms with Gasteiger partial charge in [-0.05, 0) is 18.4 Å². The summed E-state index contributed by atoms with van der Waals surface area (Å²) in [6, 6.07) is -4.64. The van der Waals surface area contributed by atoms with Crippen molar-refractivity contribution < 1.29 is 158 Å². The third kappa shape index (κ3) is 19.3. The summed E-state index contributed by atoms with van der Waals surface area (Å²) < 4.78 is 46.7. The van der Waals surface area contributed by atoms with Gasteiger partial charge in [-0.25, -0.2) is 0 Å². The maximum absolute atomic E-state index is 13.3. The van der Waals surface area contributed by atoms with Crippen LogP contribution in [0.4, 0.5) is 0 Å². The molecule has 0 bridgehead atoms. The fourth-order valence-electron chi connectivity index (χ4n) is 9.61. The molecule has 0 spiro atoms. The summed E-state index contributed by atoms with van der Waals surface area (Å²) in [5, 5.41) is 165. The average molecular weight is 1170 g/mol. The number of azide groups is 1. The van der Waals surface area contributed by atoms with Crippen LogP contribution in [0.3, 0.4) is 0 Å². The average Bonchev–Trinajstić information content (AvgIpc) is 3.46. The van der Waals surface area contributed by atoms with Crippen molar-refractivity contribution in [1.82, 2.24) is 16.0 Å². The number of ether oxygens (including phenoxy) is 8. The predicted molar refractivity (Wildman–Crippen MR) is 259 cm³/mol. The van der Waals surface area contributed by atoms with Crippen LogP contribution in [0.25, 0.3) is 10.4 Å². The van der Waals surface area contributed by atoms with Crippen LogP contribution in [0.2, 0.25) is 0 Å². The molecular weight excluding hydrogens is 1090 g/mol. The Labute approximate surface area is 482 Å². The van der Waals surface area contributed by atoms with Crippen molar-refractivity contribution in [3.8, 4) is 0 Å². The van der Waals surface area contributed by atoms with Gasteiger partial charge in [-0.2, -0.15) is 0 Å². The molecule has 0 aliphatic carbocycles. The van der Waals surface area contributed by atoms with E-state index in [1.165, 1.54) is 0 Å². The molecule has 0 aromatic heterocycles. The molecule has 4 heterocycles. The molecule has 80 heavy (non-hydrogen) atoms. The molecule has 16 N–H and O–H groups in total. The first-order chi connectivity index (χ1) is 37.5. The molecule has 0 saturated carbocycles. The van der Waals surface area contributed by atoms with Gasteiger partial charge in [0.2, 0.25) is 23.5 Å². The van der Waals surface area contributed by atoms with Crippen LogP contribution in [-0.4, -0.2) is 270 Å². The smallest absolute Gasteiger partial charge is 0.544 e. The van der Waals surface area contributed by atoms with Crippen molar-refractivity contribution >= 4 is 23.7 Å². The Kier molecular flexibility index (Phi) is 31.0. The van der Waals surface area contributed by atoms with Crippen LogP contribution in [-0.2, 0) is 57.1 Å². The normalized spacial score (nSPS) is 35.9. The quantitative estimate of drug-likeness (QED) is 0.00743. The summed E-state index contributed by atoms with van der Waals surface area (Å²) in [7, 11) is 0. The summed E-state index contributed by atoms with van der Waals surface area (Å²) in [6.07, 6.45) is -31.7. The van der Waals surface area contributed by atoms with Crippen molar-refractivity contribution in [1.29, 1.82) is 0 Å². The number of aliphatic hydroxyl groups excluding tert-OH is 13. The first kappa shape index (κ1) is 71.4. The molecule has 4 saturated heterocycles. The van der Waals surface area contributed by atoms with Gasteiger partial charge in [0, 0.05) is 38.1 Å². The number of aliphatic carboxylic acids is 1. The van der Waals surface area contributed by atoms with Crippen LogP contribution in [0.1, 0.15) is 78.1 Å². The maximum atomic E-state index is 13.3. The molecule has 0 aromatic rings. The molecule has 0 aromatic carbocycles. The van der Waals surface area contributed by atoms with Gasteiger partial charge >= 0.3 is 29.6 Å². The van der Waals surface area contributed by atoms with E-state index in [1.54, 1.807) is 0 Å². The van der Waals surface area contributed by atoms with E-state index in [4.69, 9.17) is 43.4 Å². The number of rotatable bonds is 32. The second kappa shape index (κ2) is 34.8. The number of aliphatic hydroxyl groups is 13. The number of hydrogen-bond acceptors (Lipinski definition) is 27. The maximum Gasteiger partial charge on any atom is 1.00 e. The summed E-state index contributed by atoms with van der Waals surface area (Å²) in [5.74, 6) is -7.89. The Morgan fingerprint density at radius 2 is 1.29 bits per heavy atom. The number of carbonyl (C=O) groups is 4. The van der Waals surface area contributed by atoms with Crippen LogP contribution in [0.15, 0.2) is 17.8 Å². The predicted octanol–water partition coefficient (Wildman–Crippen LogP) is -10.7. The van der Waals surface area contributed by atoms with Crippen molar-refractivity contribution in [2.75, 3.05) is 39.6 Å². The van der Waals surface area contributed by atoms with Crippen molar-refractivity contribution in [3.63, 3.8) is 0 Å². The summed E-state index contributed by atoms with van der Waals surface area (Å²) in [6.45, 7) is 1.06. The van der Waals surface area contributed by atoms with Gasteiger partial charge in [-0.1, -0.05) is 49.7 Å². The first-order valence-corrected chi connectivity index (χ1v) is 26.0. The molecule has 0 unspecified atom stereocenters. The second-order valence-electron chi connectivity index (χ2n) is 19.8. The van der Waals surface area contributed by atoms with E-state index in [2.05, 4.69) is 32.6 Å².